The van der Waals surface area contributed by atoms with Crippen LogP contribution < -0.4 is 5.32 Å². The summed E-state index contributed by atoms with van der Waals surface area (Å²) in [6.07, 6.45) is 6.94. The van der Waals surface area contributed by atoms with Gasteiger partial charge in [-0.05, 0) is 75.9 Å². The van der Waals surface area contributed by atoms with Gasteiger partial charge in [0.1, 0.15) is 0 Å². The van der Waals surface area contributed by atoms with Crippen LogP contribution in [0, 0.1) is 5.92 Å². The number of nitrogens with zero attached hydrogens (tertiary/aromatic N) is 2. The highest BCUT2D eigenvalue weighted by molar-refractivity contribution is 5.92. The van der Waals surface area contributed by atoms with Gasteiger partial charge in [0.25, 0.3) is 0 Å². The molecule has 3 saturated heterocycles. The third kappa shape index (κ3) is 5.09. The van der Waals surface area contributed by atoms with Crippen LogP contribution in [0.2, 0.25) is 0 Å². The van der Waals surface area contributed by atoms with Crippen molar-refractivity contribution in [1.82, 2.24) is 9.80 Å². The summed E-state index contributed by atoms with van der Waals surface area (Å²) in [5, 5.41) is 3.19. The van der Waals surface area contributed by atoms with Crippen LogP contribution in [0.3, 0.4) is 0 Å². The van der Waals surface area contributed by atoms with Gasteiger partial charge in [-0.3, -0.25) is 14.6 Å². The van der Waals surface area contributed by atoms with Gasteiger partial charge in [-0.25, -0.2) is 0 Å². The van der Waals surface area contributed by atoms with E-state index < -0.39 is 0 Å². The minimum absolute atomic E-state index is 0.101. The van der Waals surface area contributed by atoms with Gasteiger partial charge < -0.3 is 10.1 Å². The molecule has 3 fully saturated rings. The number of rotatable bonds is 5. The molecule has 5 nitrogen and oxygen atoms in total. The highest BCUT2D eigenvalue weighted by Gasteiger charge is 2.30. The lowest BCUT2D eigenvalue weighted by molar-refractivity contribution is -0.122. The molecule has 0 aromatic heterocycles. The van der Waals surface area contributed by atoms with Crippen LogP contribution >= 0.6 is 0 Å². The molecule has 148 valence electrons. The van der Waals surface area contributed by atoms with E-state index in [0.717, 1.165) is 64.2 Å². The SMILES string of the molecule is O=C(Nc1cccc(CN2CCCC2)c1)C1CCCN(C2CCOCC2)C1. The van der Waals surface area contributed by atoms with Crippen molar-refractivity contribution in [1.29, 1.82) is 0 Å². The number of carbonyl (C=O) groups is 1. The van der Waals surface area contributed by atoms with Crippen molar-refractivity contribution in [3.05, 3.63) is 29.8 Å². The molecular formula is C22H33N3O2. The molecule has 0 saturated carbocycles. The first-order valence-electron chi connectivity index (χ1n) is 10.7. The van der Waals surface area contributed by atoms with E-state index in [9.17, 15) is 4.79 Å². The van der Waals surface area contributed by atoms with E-state index >= 15 is 0 Å². The van der Waals surface area contributed by atoms with Crippen molar-refractivity contribution in [3.8, 4) is 0 Å². The number of carbonyl (C=O) groups excluding carboxylic acids is 1. The number of benzene rings is 1. The maximum atomic E-state index is 12.9. The summed E-state index contributed by atoms with van der Waals surface area (Å²) in [5.41, 5.74) is 2.24. The molecule has 3 heterocycles. The Morgan fingerprint density at radius 1 is 1.07 bits per heavy atom. The van der Waals surface area contributed by atoms with Crippen LogP contribution in [0.4, 0.5) is 5.69 Å². The molecule has 1 unspecified atom stereocenters. The average Bonchev–Trinajstić information content (AvgIpc) is 3.22. The van der Waals surface area contributed by atoms with Crippen LogP contribution in [0.15, 0.2) is 24.3 Å². The predicted octanol–water partition coefficient (Wildman–Crippen LogP) is 3.11. The second-order valence-electron chi connectivity index (χ2n) is 8.35. The quantitative estimate of drug-likeness (QED) is 0.864. The number of ether oxygens (including phenoxy) is 1. The van der Waals surface area contributed by atoms with Gasteiger partial charge in [0, 0.05) is 38.0 Å². The average molecular weight is 372 g/mol. The van der Waals surface area contributed by atoms with Crippen molar-refractivity contribution in [2.75, 3.05) is 44.7 Å². The number of nitrogens with one attached hydrogen (secondary N) is 1. The van der Waals surface area contributed by atoms with Crippen LogP contribution in [-0.2, 0) is 16.1 Å². The zero-order valence-corrected chi connectivity index (χ0v) is 16.4. The lowest BCUT2D eigenvalue weighted by Crippen LogP contribution is -2.47. The molecule has 1 aromatic carbocycles. The van der Waals surface area contributed by atoms with Crippen molar-refractivity contribution in [2.45, 2.75) is 51.1 Å². The summed E-state index contributed by atoms with van der Waals surface area (Å²) >= 11 is 0. The fourth-order valence-corrected chi connectivity index (χ4v) is 4.79. The summed E-state index contributed by atoms with van der Waals surface area (Å²) in [6, 6.07) is 9.00. The molecular weight excluding hydrogens is 338 g/mol. The summed E-state index contributed by atoms with van der Waals surface area (Å²) in [5.74, 6) is 0.286. The smallest absolute Gasteiger partial charge is 0.228 e. The van der Waals surface area contributed by atoms with E-state index in [2.05, 4.69) is 33.3 Å². The van der Waals surface area contributed by atoms with Gasteiger partial charge in [0.15, 0.2) is 0 Å². The largest absolute Gasteiger partial charge is 0.381 e. The molecule has 3 aliphatic rings. The standard InChI is InChI=1S/C22H33N3O2/c26-22(19-6-4-12-25(17-19)21-8-13-27-14-9-21)23-20-7-3-5-18(15-20)16-24-10-1-2-11-24/h3,5,7,15,19,21H,1-2,4,6,8-14,16-17H2,(H,23,26). The Balaban J connectivity index is 1.32. The number of piperidine rings is 1. The zero-order chi connectivity index (χ0) is 18.5. The van der Waals surface area contributed by atoms with Crippen molar-refractivity contribution < 1.29 is 9.53 Å². The number of hydrogen-bond donors (Lipinski definition) is 1. The van der Waals surface area contributed by atoms with E-state index in [-0.39, 0.29) is 11.8 Å². The summed E-state index contributed by atoms with van der Waals surface area (Å²) in [7, 11) is 0. The predicted molar refractivity (Wildman–Crippen MR) is 108 cm³/mol. The molecule has 1 N–H and O–H groups in total. The van der Waals surface area contributed by atoms with Crippen LogP contribution in [0.5, 0.6) is 0 Å². The third-order valence-electron chi connectivity index (χ3n) is 6.33. The molecule has 1 atom stereocenters. The van der Waals surface area contributed by atoms with E-state index in [1.807, 2.05) is 6.07 Å². The van der Waals surface area contributed by atoms with Gasteiger partial charge in [-0.2, -0.15) is 0 Å². The molecule has 4 rings (SSSR count). The van der Waals surface area contributed by atoms with Gasteiger partial charge in [0.05, 0.1) is 5.92 Å². The highest BCUT2D eigenvalue weighted by atomic mass is 16.5. The minimum atomic E-state index is 0.101. The molecule has 0 aliphatic carbocycles. The van der Waals surface area contributed by atoms with Crippen molar-refractivity contribution in [3.63, 3.8) is 0 Å². The fraction of sp³-hybridized carbons (Fsp3) is 0.682. The molecule has 0 spiro atoms. The molecule has 5 heteroatoms. The molecule has 1 aromatic rings. The minimum Gasteiger partial charge on any atom is -0.381 e. The van der Waals surface area contributed by atoms with E-state index in [1.165, 1.54) is 31.5 Å². The van der Waals surface area contributed by atoms with Crippen LogP contribution in [-0.4, -0.2) is 61.1 Å². The molecule has 0 radical (unpaired) electrons. The zero-order valence-electron chi connectivity index (χ0n) is 16.4. The topological polar surface area (TPSA) is 44.8 Å². The molecule has 3 aliphatic heterocycles. The number of amides is 1. The number of anilines is 1. The summed E-state index contributed by atoms with van der Waals surface area (Å²) < 4.78 is 5.49. The molecule has 1 amide bonds. The maximum absolute atomic E-state index is 12.9. The number of likely N-dealkylation sites (tertiary alicyclic amines) is 2. The lowest BCUT2D eigenvalue weighted by atomic mass is 9.94. The Hall–Kier alpha value is -1.43. The summed E-state index contributed by atoms with van der Waals surface area (Å²) in [4.78, 5) is 17.9. The molecule has 27 heavy (non-hydrogen) atoms. The monoisotopic (exact) mass is 371 g/mol. The van der Waals surface area contributed by atoms with Gasteiger partial charge >= 0.3 is 0 Å². The van der Waals surface area contributed by atoms with Gasteiger partial charge in [-0.1, -0.05) is 12.1 Å². The maximum Gasteiger partial charge on any atom is 0.228 e. The molecule has 0 bridgehead atoms. The summed E-state index contributed by atoms with van der Waals surface area (Å²) in [6.45, 7) is 7.12. The van der Waals surface area contributed by atoms with Gasteiger partial charge in [-0.15, -0.1) is 0 Å². The Labute approximate surface area is 163 Å². The Morgan fingerprint density at radius 2 is 1.89 bits per heavy atom. The van der Waals surface area contributed by atoms with E-state index in [0.29, 0.717) is 6.04 Å². The Kier molecular flexibility index (Phi) is 6.43. The lowest BCUT2D eigenvalue weighted by Gasteiger charge is -2.39. The van der Waals surface area contributed by atoms with E-state index in [1.54, 1.807) is 0 Å². The number of hydrogen-bond acceptors (Lipinski definition) is 4. The first kappa shape index (κ1) is 18.9. The fourth-order valence-electron chi connectivity index (χ4n) is 4.79. The van der Waals surface area contributed by atoms with E-state index in [4.69, 9.17) is 4.74 Å². The third-order valence-corrected chi connectivity index (χ3v) is 6.33. The van der Waals surface area contributed by atoms with Crippen LogP contribution in [0.25, 0.3) is 0 Å². The highest BCUT2D eigenvalue weighted by Crippen LogP contribution is 2.24. The second kappa shape index (κ2) is 9.18. The van der Waals surface area contributed by atoms with Crippen molar-refractivity contribution >= 4 is 11.6 Å². The van der Waals surface area contributed by atoms with Crippen molar-refractivity contribution in [2.24, 2.45) is 5.92 Å². The van der Waals surface area contributed by atoms with Gasteiger partial charge in [0.2, 0.25) is 5.91 Å². The first-order chi connectivity index (χ1) is 13.3. The second-order valence-corrected chi connectivity index (χ2v) is 8.35. The first-order valence-corrected chi connectivity index (χ1v) is 10.7. The Morgan fingerprint density at radius 3 is 2.70 bits per heavy atom. The Bertz CT molecular complexity index is 624. The van der Waals surface area contributed by atoms with Crippen LogP contribution in [0.1, 0.15) is 44.1 Å². The normalized spacial score (nSPS) is 25.6.